The monoisotopic (exact) mass is 613 g/mol. The van der Waals surface area contributed by atoms with Gasteiger partial charge in [-0.2, -0.15) is 18.3 Å². The summed E-state index contributed by atoms with van der Waals surface area (Å²) in [5.41, 5.74) is 1.03. The molecule has 1 spiro atoms. The Labute approximate surface area is 244 Å². The van der Waals surface area contributed by atoms with Crippen molar-refractivity contribution >= 4 is 35.7 Å². The van der Waals surface area contributed by atoms with Crippen LogP contribution in [0.1, 0.15) is 30.5 Å². The Kier molecular flexibility index (Phi) is 7.63. The first-order valence-corrected chi connectivity index (χ1v) is 14.1. The zero-order chi connectivity index (χ0) is 29.8. The number of likely N-dealkylation sites (tertiary alicyclic amines) is 1. The summed E-state index contributed by atoms with van der Waals surface area (Å²) < 4.78 is 78.5. The van der Waals surface area contributed by atoms with E-state index in [2.05, 4.69) is 31.7 Å². The van der Waals surface area contributed by atoms with Crippen molar-refractivity contribution in [3.05, 3.63) is 52.4 Å². The van der Waals surface area contributed by atoms with Crippen molar-refractivity contribution in [1.29, 1.82) is 0 Å². The summed E-state index contributed by atoms with van der Waals surface area (Å²) >= 11 is 6.35. The van der Waals surface area contributed by atoms with Gasteiger partial charge in [0.15, 0.2) is 5.82 Å². The number of benzene rings is 1. The number of hydrogen-bond donors (Lipinski definition) is 0. The number of fused-ring (bicyclic) bond motifs is 1. The lowest BCUT2D eigenvalue weighted by Gasteiger charge is -2.60. The normalized spacial score (nSPS) is 22.0. The summed E-state index contributed by atoms with van der Waals surface area (Å²) in [6.07, 6.45) is -5.59. The van der Waals surface area contributed by atoms with Crippen LogP contribution in [-0.4, -0.2) is 85.4 Å². The SMILES string of the molecule is C=N/N=C(/C1CC2(C1)CN(c1ccc(F)c(C(F)F)n1)C2)N1CCN(C2CN(CC(F)(F)F)C2)Cc2cc(Cl)ccc21. The summed E-state index contributed by atoms with van der Waals surface area (Å²) in [6, 6.07) is 8.11. The minimum absolute atomic E-state index is 0.00985. The van der Waals surface area contributed by atoms with Crippen LogP contribution < -0.4 is 9.80 Å². The molecule has 3 fully saturated rings. The maximum absolute atomic E-state index is 13.7. The van der Waals surface area contributed by atoms with Crippen molar-refractivity contribution in [2.24, 2.45) is 21.5 Å². The molecule has 0 amide bonds. The average Bonchev–Trinajstić information content (AvgIpc) is 3.02. The second kappa shape index (κ2) is 11.0. The molecule has 4 aliphatic rings. The van der Waals surface area contributed by atoms with Crippen molar-refractivity contribution in [1.82, 2.24) is 14.8 Å². The van der Waals surface area contributed by atoms with Gasteiger partial charge in [0.05, 0.1) is 6.54 Å². The largest absolute Gasteiger partial charge is 0.401 e. The van der Waals surface area contributed by atoms with Crippen LogP contribution in [0.25, 0.3) is 0 Å². The Balaban J connectivity index is 1.14. The summed E-state index contributed by atoms with van der Waals surface area (Å²) in [7, 11) is 0. The third-order valence-electron chi connectivity index (χ3n) is 8.79. The predicted octanol–water partition coefficient (Wildman–Crippen LogP) is 5.61. The van der Waals surface area contributed by atoms with Crippen LogP contribution in [0.4, 0.5) is 37.8 Å². The van der Waals surface area contributed by atoms with E-state index in [-0.39, 0.29) is 17.4 Å². The molecule has 42 heavy (non-hydrogen) atoms. The second-order valence-corrected chi connectivity index (χ2v) is 12.2. The Morgan fingerprint density at radius 2 is 1.86 bits per heavy atom. The van der Waals surface area contributed by atoms with Gasteiger partial charge in [-0.15, -0.1) is 5.10 Å². The van der Waals surface area contributed by atoms with Gasteiger partial charge in [-0.3, -0.25) is 9.80 Å². The third-order valence-corrected chi connectivity index (χ3v) is 9.02. The van der Waals surface area contributed by atoms with Crippen molar-refractivity contribution < 1.29 is 26.3 Å². The lowest BCUT2D eigenvalue weighted by Crippen LogP contribution is -2.65. The van der Waals surface area contributed by atoms with E-state index in [0.29, 0.717) is 56.7 Å². The van der Waals surface area contributed by atoms with Gasteiger partial charge in [0.25, 0.3) is 6.43 Å². The molecule has 0 bridgehead atoms. The molecule has 14 heteroatoms. The summed E-state index contributed by atoms with van der Waals surface area (Å²) in [5, 5.41) is 8.89. The first-order chi connectivity index (χ1) is 19.9. The number of hydrogen-bond acceptors (Lipinski definition) is 6. The lowest BCUT2D eigenvalue weighted by molar-refractivity contribution is -0.160. The molecule has 1 saturated carbocycles. The minimum Gasteiger partial charge on any atom is -0.355 e. The topological polar surface area (TPSA) is 50.6 Å². The molecule has 0 radical (unpaired) electrons. The Hall–Kier alpha value is -2.90. The number of aromatic nitrogens is 1. The fourth-order valence-electron chi connectivity index (χ4n) is 6.85. The summed E-state index contributed by atoms with van der Waals surface area (Å²) in [6.45, 7) is 6.39. The van der Waals surface area contributed by atoms with E-state index in [1.807, 2.05) is 23.1 Å². The van der Waals surface area contributed by atoms with Crippen molar-refractivity contribution in [3.8, 4) is 0 Å². The van der Waals surface area contributed by atoms with E-state index in [9.17, 15) is 26.3 Å². The average molecular weight is 614 g/mol. The van der Waals surface area contributed by atoms with Gasteiger partial charge >= 0.3 is 6.18 Å². The standard InChI is InChI=1S/C28H30ClF6N7/c1-36-38-26(18-9-27(10-18)14-41(15-27)23-5-3-21(30)24(37-23)25(31)32)42-7-6-40(11-17-8-19(29)2-4-22(17)42)20-12-39(13-20)16-28(33,34)35/h2-5,8,18,20,25H,1,6-7,9-16H2/b38-26-. The van der Waals surface area contributed by atoms with Crippen LogP contribution in [0.15, 0.2) is 40.5 Å². The van der Waals surface area contributed by atoms with Crippen LogP contribution in [0.3, 0.4) is 0 Å². The number of halogens is 7. The van der Waals surface area contributed by atoms with Crippen LogP contribution >= 0.6 is 11.6 Å². The highest BCUT2D eigenvalue weighted by molar-refractivity contribution is 6.30. The predicted molar refractivity (Wildman–Crippen MR) is 149 cm³/mol. The molecule has 0 atom stereocenters. The second-order valence-electron chi connectivity index (χ2n) is 11.8. The number of amidine groups is 1. The van der Waals surface area contributed by atoms with Crippen molar-refractivity contribution in [2.75, 3.05) is 55.6 Å². The van der Waals surface area contributed by atoms with Gasteiger partial charge in [0, 0.05) is 80.6 Å². The number of alkyl halides is 5. The number of pyridine rings is 1. The molecule has 1 aromatic carbocycles. The van der Waals surface area contributed by atoms with Gasteiger partial charge in [0.2, 0.25) is 0 Å². The molecule has 0 N–H and O–H groups in total. The highest BCUT2D eigenvalue weighted by Gasteiger charge is 2.55. The van der Waals surface area contributed by atoms with Crippen LogP contribution in [0.2, 0.25) is 5.02 Å². The van der Waals surface area contributed by atoms with Crippen LogP contribution in [-0.2, 0) is 6.54 Å². The molecular weight excluding hydrogens is 584 g/mol. The molecule has 2 saturated heterocycles. The summed E-state index contributed by atoms with van der Waals surface area (Å²) in [4.78, 5) is 11.5. The van der Waals surface area contributed by atoms with E-state index < -0.39 is 30.7 Å². The molecule has 1 aromatic heterocycles. The zero-order valence-corrected chi connectivity index (χ0v) is 23.4. The number of nitrogens with zero attached hydrogens (tertiary/aromatic N) is 7. The highest BCUT2D eigenvalue weighted by Crippen LogP contribution is 2.54. The molecule has 6 rings (SSSR count). The van der Waals surface area contributed by atoms with E-state index in [0.717, 1.165) is 36.0 Å². The first-order valence-electron chi connectivity index (χ1n) is 13.8. The Morgan fingerprint density at radius 3 is 2.52 bits per heavy atom. The molecule has 226 valence electrons. The molecule has 3 aliphatic heterocycles. The van der Waals surface area contributed by atoms with Crippen molar-refractivity contribution in [2.45, 2.75) is 38.0 Å². The zero-order valence-electron chi connectivity index (χ0n) is 22.7. The maximum atomic E-state index is 13.7. The molecule has 1 aliphatic carbocycles. The van der Waals surface area contributed by atoms with E-state index in [1.165, 1.54) is 11.0 Å². The van der Waals surface area contributed by atoms with Gasteiger partial charge in [-0.1, -0.05) is 11.6 Å². The fourth-order valence-corrected chi connectivity index (χ4v) is 7.05. The molecule has 2 aromatic rings. The van der Waals surface area contributed by atoms with Gasteiger partial charge in [-0.05, 0) is 48.7 Å². The van der Waals surface area contributed by atoms with E-state index >= 15 is 0 Å². The van der Waals surface area contributed by atoms with Gasteiger partial charge < -0.3 is 9.80 Å². The molecule has 7 nitrogen and oxygen atoms in total. The van der Waals surface area contributed by atoms with Gasteiger partial charge in [0.1, 0.15) is 17.3 Å². The fraction of sp³-hybridized carbons (Fsp3) is 0.536. The Morgan fingerprint density at radius 1 is 1.12 bits per heavy atom. The number of rotatable bonds is 6. The van der Waals surface area contributed by atoms with Crippen molar-refractivity contribution in [3.63, 3.8) is 0 Å². The lowest BCUT2D eigenvalue weighted by atomic mass is 9.57. The Bertz CT molecular complexity index is 1370. The quantitative estimate of drug-likeness (QED) is 0.184. The molecule has 4 heterocycles. The van der Waals surface area contributed by atoms with Crippen LogP contribution in [0.5, 0.6) is 0 Å². The summed E-state index contributed by atoms with van der Waals surface area (Å²) in [5.74, 6) is 0.174. The molecular formula is C28H30ClF6N7. The van der Waals surface area contributed by atoms with E-state index in [4.69, 9.17) is 11.6 Å². The smallest absolute Gasteiger partial charge is 0.355 e. The minimum atomic E-state index is -4.22. The number of anilines is 2. The maximum Gasteiger partial charge on any atom is 0.401 e. The van der Waals surface area contributed by atoms with E-state index in [1.54, 1.807) is 0 Å². The van der Waals surface area contributed by atoms with Crippen LogP contribution in [0, 0.1) is 17.2 Å². The van der Waals surface area contributed by atoms with Gasteiger partial charge in [-0.25, -0.2) is 18.2 Å². The molecule has 0 unspecified atom stereocenters. The highest BCUT2D eigenvalue weighted by atomic mass is 35.5. The third kappa shape index (κ3) is 5.70. The first kappa shape index (κ1) is 29.2.